The van der Waals surface area contributed by atoms with Gasteiger partial charge in [0, 0.05) is 22.5 Å². The van der Waals surface area contributed by atoms with Crippen LogP contribution in [-0.2, 0) is 16.0 Å². The maximum Gasteiger partial charge on any atom is 0.244 e. The Bertz CT molecular complexity index is 1230. The van der Waals surface area contributed by atoms with E-state index in [4.69, 9.17) is 11.6 Å². The Morgan fingerprint density at radius 3 is 2.58 bits per heavy atom. The number of amides is 2. The number of benzene rings is 2. The minimum Gasteiger partial charge on any atom is -0.324 e. The van der Waals surface area contributed by atoms with E-state index in [1.165, 1.54) is 17.0 Å². The second-order valence-electron chi connectivity index (χ2n) is 7.73. The minimum absolute atomic E-state index is 0.0268. The van der Waals surface area contributed by atoms with Gasteiger partial charge in [0.1, 0.15) is 12.4 Å². The Hall–Kier alpha value is -3.25. The van der Waals surface area contributed by atoms with E-state index < -0.39 is 11.7 Å². The highest BCUT2D eigenvalue weighted by atomic mass is 35.5. The lowest BCUT2D eigenvalue weighted by Gasteiger charge is -2.24. The van der Waals surface area contributed by atoms with Crippen molar-refractivity contribution in [1.82, 2.24) is 4.98 Å². The van der Waals surface area contributed by atoms with Crippen LogP contribution >= 0.6 is 11.6 Å². The van der Waals surface area contributed by atoms with Gasteiger partial charge in [0.25, 0.3) is 0 Å². The third-order valence-electron chi connectivity index (χ3n) is 5.43. The Morgan fingerprint density at radius 1 is 1.10 bits per heavy atom. The molecule has 0 unspecified atom stereocenters. The molecular weight excluding hydrogens is 417 g/mol. The van der Waals surface area contributed by atoms with E-state index in [1.54, 1.807) is 0 Å². The Morgan fingerprint density at radius 2 is 1.84 bits per heavy atom. The van der Waals surface area contributed by atoms with Crippen molar-refractivity contribution in [3.63, 3.8) is 0 Å². The van der Waals surface area contributed by atoms with Crippen LogP contribution in [0.25, 0.3) is 11.1 Å². The highest BCUT2D eigenvalue weighted by Gasteiger charge is 2.29. The molecular formula is C24H21ClFN3O2. The number of hydrogen-bond acceptors (Lipinski definition) is 3. The van der Waals surface area contributed by atoms with Gasteiger partial charge in [-0.05, 0) is 68.3 Å². The van der Waals surface area contributed by atoms with Gasteiger partial charge in [-0.15, -0.1) is 0 Å². The molecule has 2 amide bonds. The molecule has 0 saturated heterocycles. The largest absolute Gasteiger partial charge is 0.324 e. The highest BCUT2D eigenvalue weighted by Crippen LogP contribution is 2.38. The lowest BCUT2D eigenvalue weighted by molar-refractivity contribution is -0.121. The molecule has 0 atom stereocenters. The second-order valence-corrected chi connectivity index (χ2v) is 8.14. The van der Waals surface area contributed by atoms with E-state index in [9.17, 15) is 14.0 Å². The fourth-order valence-corrected chi connectivity index (χ4v) is 3.81. The summed E-state index contributed by atoms with van der Waals surface area (Å²) in [7, 11) is 0. The molecule has 0 radical (unpaired) electrons. The number of halogens is 2. The van der Waals surface area contributed by atoms with Gasteiger partial charge in [0.15, 0.2) is 0 Å². The highest BCUT2D eigenvalue weighted by molar-refractivity contribution is 6.30. The van der Waals surface area contributed by atoms with Crippen LogP contribution in [0, 0.1) is 26.6 Å². The van der Waals surface area contributed by atoms with Gasteiger partial charge in [0.2, 0.25) is 11.8 Å². The van der Waals surface area contributed by atoms with Crippen molar-refractivity contribution >= 4 is 34.8 Å². The minimum atomic E-state index is -0.626. The zero-order chi connectivity index (χ0) is 22.3. The molecule has 7 heteroatoms. The van der Waals surface area contributed by atoms with Crippen LogP contribution in [0.5, 0.6) is 0 Å². The summed E-state index contributed by atoms with van der Waals surface area (Å²) in [4.78, 5) is 32.0. The molecule has 1 N–H and O–H groups in total. The molecule has 5 nitrogen and oxygen atoms in total. The molecule has 3 aromatic rings. The van der Waals surface area contributed by atoms with Crippen LogP contribution in [0.3, 0.4) is 0 Å². The Kier molecular flexibility index (Phi) is 5.50. The third kappa shape index (κ3) is 4.16. The predicted octanol–water partition coefficient (Wildman–Crippen LogP) is 4.99. The van der Waals surface area contributed by atoms with Crippen LogP contribution in [0.15, 0.2) is 42.5 Å². The van der Waals surface area contributed by atoms with E-state index in [0.717, 1.165) is 34.0 Å². The topological polar surface area (TPSA) is 62.3 Å². The molecule has 0 aliphatic carbocycles. The van der Waals surface area contributed by atoms with Crippen LogP contribution in [0.2, 0.25) is 5.02 Å². The van der Waals surface area contributed by atoms with Crippen LogP contribution in [-0.4, -0.2) is 23.3 Å². The van der Waals surface area contributed by atoms with Crippen molar-refractivity contribution in [2.75, 3.05) is 16.8 Å². The molecule has 2 heterocycles. The number of carbonyl (C=O) groups is 2. The van der Waals surface area contributed by atoms with Crippen molar-refractivity contribution in [3.05, 3.63) is 75.8 Å². The summed E-state index contributed by atoms with van der Waals surface area (Å²) in [5.74, 6) is -1.29. The molecule has 0 spiro atoms. The lowest BCUT2D eigenvalue weighted by atomic mass is 9.97. The quantitative estimate of drug-likeness (QED) is 0.627. The van der Waals surface area contributed by atoms with Gasteiger partial charge in [-0.25, -0.2) is 4.39 Å². The zero-order valence-corrected chi connectivity index (χ0v) is 18.2. The van der Waals surface area contributed by atoms with Crippen LogP contribution in [0.1, 0.15) is 22.5 Å². The number of nitrogens with one attached hydrogen (secondary N) is 1. The standard InChI is InChI=1S/C24H21ClFN3O2/c1-13-8-18-17-6-4-15(3)27-21(17)11-24(31)29(22(18)9-14(13)2)12-23(30)28-16-5-7-19(25)20(26)10-16/h4-10H,11-12H2,1-3H3,(H,28,30). The number of fused-ring (bicyclic) bond motifs is 3. The van der Waals surface area contributed by atoms with Crippen molar-refractivity contribution in [2.24, 2.45) is 0 Å². The summed E-state index contributed by atoms with van der Waals surface area (Å²) in [6.07, 6.45) is 0.0899. The fourth-order valence-electron chi connectivity index (χ4n) is 3.69. The third-order valence-corrected chi connectivity index (χ3v) is 5.74. The predicted molar refractivity (Wildman–Crippen MR) is 120 cm³/mol. The number of carbonyl (C=O) groups excluding carboxylic acids is 2. The van der Waals surface area contributed by atoms with Crippen LogP contribution < -0.4 is 10.2 Å². The molecule has 4 rings (SSSR count). The van der Waals surface area contributed by atoms with E-state index in [2.05, 4.69) is 10.3 Å². The summed E-state index contributed by atoms with van der Waals surface area (Å²) < 4.78 is 13.7. The van der Waals surface area contributed by atoms with Gasteiger partial charge in [-0.1, -0.05) is 17.7 Å². The monoisotopic (exact) mass is 437 g/mol. The van der Waals surface area contributed by atoms with Crippen molar-refractivity contribution in [1.29, 1.82) is 0 Å². The summed E-state index contributed by atoms with van der Waals surface area (Å²) >= 11 is 5.70. The Labute approximate surface area is 184 Å². The number of anilines is 2. The van der Waals surface area contributed by atoms with Gasteiger partial charge in [-0.3, -0.25) is 14.6 Å². The summed E-state index contributed by atoms with van der Waals surface area (Å²) in [5.41, 5.74) is 6.30. The first-order valence-electron chi connectivity index (χ1n) is 9.86. The second kappa shape index (κ2) is 8.12. The number of hydrogen-bond donors (Lipinski definition) is 1. The van der Waals surface area contributed by atoms with Crippen molar-refractivity contribution in [2.45, 2.75) is 27.2 Å². The molecule has 1 aromatic heterocycles. The molecule has 158 valence electrons. The van der Waals surface area contributed by atoms with Crippen molar-refractivity contribution < 1.29 is 14.0 Å². The number of aromatic nitrogens is 1. The fraction of sp³-hybridized carbons (Fsp3) is 0.208. The summed E-state index contributed by atoms with van der Waals surface area (Å²) in [6, 6.07) is 11.9. The normalized spacial score (nSPS) is 12.8. The molecule has 2 aromatic carbocycles. The number of pyridine rings is 1. The number of aryl methyl sites for hydroxylation is 3. The molecule has 0 saturated carbocycles. The first kappa shape index (κ1) is 21.0. The number of nitrogens with zero attached hydrogens (tertiary/aromatic N) is 2. The number of rotatable bonds is 3. The van der Waals surface area contributed by atoms with E-state index >= 15 is 0 Å². The maximum atomic E-state index is 13.7. The van der Waals surface area contributed by atoms with Gasteiger partial charge >= 0.3 is 0 Å². The summed E-state index contributed by atoms with van der Waals surface area (Å²) in [5, 5.41) is 2.61. The van der Waals surface area contributed by atoms with Gasteiger partial charge < -0.3 is 10.2 Å². The Balaban J connectivity index is 1.71. The molecule has 1 aliphatic heterocycles. The molecule has 31 heavy (non-hydrogen) atoms. The average Bonchev–Trinajstić information content (AvgIpc) is 2.80. The zero-order valence-electron chi connectivity index (χ0n) is 17.4. The van der Waals surface area contributed by atoms with Crippen molar-refractivity contribution in [3.8, 4) is 11.1 Å². The first-order valence-corrected chi connectivity index (χ1v) is 10.2. The smallest absolute Gasteiger partial charge is 0.244 e. The van der Waals surface area contributed by atoms with E-state index in [1.807, 2.05) is 45.0 Å². The molecule has 0 bridgehead atoms. The van der Waals surface area contributed by atoms with Gasteiger partial charge in [0.05, 0.1) is 22.8 Å². The first-order chi connectivity index (χ1) is 14.7. The average molecular weight is 438 g/mol. The lowest BCUT2D eigenvalue weighted by Crippen LogP contribution is -2.38. The summed E-state index contributed by atoms with van der Waals surface area (Å²) in [6.45, 7) is 5.66. The SMILES string of the molecule is Cc1ccc2c(n1)CC(=O)N(CC(=O)Nc1ccc(Cl)c(F)c1)c1cc(C)c(C)cc1-2. The van der Waals surface area contributed by atoms with E-state index in [0.29, 0.717) is 11.4 Å². The van der Waals surface area contributed by atoms with Gasteiger partial charge in [-0.2, -0.15) is 0 Å². The maximum absolute atomic E-state index is 13.7. The van der Waals surface area contributed by atoms with Crippen LogP contribution in [0.4, 0.5) is 15.8 Å². The molecule has 1 aliphatic rings. The van der Waals surface area contributed by atoms with E-state index in [-0.39, 0.29) is 29.6 Å². The molecule has 0 fully saturated rings.